The summed E-state index contributed by atoms with van der Waals surface area (Å²) in [5, 5.41) is 3.90. The molecule has 1 aromatic heterocycles. The lowest BCUT2D eigenvalue weighted by Crippen LogP contribution is -2.40. The lowest BCUT2D eigenvalue weighted by Gasteiger charge is -2.32. The number of aromatic nitrogens is 2. The fourth-order valence-corrected chi connectivity index (χ4v) is 5.17. The van der Waals surface area contributed by atoms with Crippen LogP contribution in [0.2, 0.25) is 0 Å². The summed E-state index contributed by atoms with van der Waals surface area (Å²) >= 11 is 0. The molecule has 0 saturated carbocycles. The molecule has 5 rings (SSSR count). The molecule has 0 spiro atoms. The Hall–Kier alpha value is -3.65. The Balaban J connectivity index is 1.15. The number of nitrogens with two attached hydrogens (primary N) is 1. The standard InChI is InChI=1S/C27H31N5O3/c1-17-26(34)31-27-30-22-11-7-12-23(21(22)16-32(17)27)35-15-6-2-3-10-20(25(28)33)24-19-9-5-4-8-18(19)13-14-29-24/h4-5,7-9,11-12,20,24,29H,1-3,6,10,13-16H2,(H2,28,33)(H,30,31,34). The number of ether oxygens (including phenoxy) is 1. The second kappa shape index (κ2) is 9.92. The zero-order valence-electron chi connectivity index (χ0n) is 19.8. The number of unbranched alkanes of at least 4 members (excludes halogenated alkanes) is 2. The number of nitrogens with zero attached hydrogens (tertiary/aromatic N) is 2. The van der Waals surface area contributed by atoms with Crippen LogP contribution in [0.5, 0.6) is 5.75 Å². The molecule has 0 saturated heterocycles. The van der Waals surface area contributed by atoms with Crippen molar-refractivity contribution in [3.63, 3.8) is 0 Å². The molecule has 2 aromatic carbocycles. The highest BCUT2D eigenvalue weighted by atomic mass is 16.5. The number of rotatable bonds is 9. The van der Waals surface area contributed by atoms with Gasteiger partial charge in [0.05, 0.1) is 24.8 Å². The van der Waals surface area contributed by atoms with Gasteiger partial charge in [0.15, 0.2) is 0 Å². The molecule has 1 amide bonds. The van der Waals surface area contributed by atoms with Gasteiger partial charge in [-0.1, -0.05) is 49.8 Å². The molecule has 2 aliphatic rings. The lowest BCUT2D eigenvalue weighted by molar-refractivity contribution is -0.123. The van der Waals surface area contributed by atoms with Crippen molar-refractivity contribution in [3.05, 3.63) is 80.5 Å². The molecule has 2 aliphatic heterocycles. The van der Waals surface area contributed by atoms with Crippen molar-refractivity contribution in [2.75, 3.05) is 13.2 Å². The number of hydrogen-bond acceptors (Lipinski definition) is 5. The lowest BCUT2D eigenvalue weighted by atomic mass is 9.83. The summed E-state index contributed by atoms with van der Waals surface area (Å²) in [5.74, 6) is 0.300. The number of carbonyl (C=O) groups excluding carboxylic acids is 1. The highest BCUT2D eigenvalue weighted by molar-refractivity contribution is 5.77. The summed E-state index contributed by atoms with van der Waals surface area (Å²) in [7, 11) is 0. The van der Waals surface area contributed by atoms with Crippen LogP contribution < -0.4 is 32.3 Å². The number of fused-ring (bicyclic) bond motifs is 3. The average Bonchev–Trinajstić information content (AvgIpc) is 3.14. The monoisotopic (exact) mass is 473 g/mol. The molecule has 3 heterocycles. The van der Waals surface area contributed by atoms with E-state index in [-0.39, 0.29) is 23.4 Å². The second-order valence-electron chi connectivity index (χ2n) is 9.26. The second-order valence-corrected chi connectivity index (χ2v) is 9.26. The number of hydrogen-bond donors (Lipinski definition) is 3. The largest absolute Gasteiger partial charge is 0.493 e. The van der Waals surface area contributed by atoms with Gasteiger partial charge in [0, 0.05) is 11.6 Å². The first-order valence-corrected chi connectivity index (χ1v) is 12.2. The average molecular weight is 474 g/mol. The highest BCUT2D eigenvalue weighted by Gasteiger charge is 2.30. The Bertz CT molecular complexity index is 1410. The number of primary amides is 1. The van der Waals surface area contributed by atoms with Gasteiger partial charge in [-0.3, -0.25) is 14.6 Å². The fraction of sp³-hybridized carbons (Fsp3) is 0.370. The number of nitrogens with one attached hydrogen (secondary N) is 2. The van der Waals surface area contributed by atoms with Crippen LogP contribution in [0.4, 0.5) is 5.69 Å². The first-order valence-electron chi connectivity index (χ1n) is 12.2. The SMILES string of the molecule is C=c1c(=O)[nH]c2n1Cc1c(cccc1OCCCCCC(C(N)=O)C1NCCc3ccccc31)N=2. The maximum atomic E-state index is 12.3. The summed E-state index contributed by atoms with van der Waals surface area (Å²) in [4.78, 5) is 31.5. The van der Waals surface area contributed by atoms with Gasteiger partial charge in [-0.2, -0.15) is 0 Å². The first-order chi connectivity index (χ1) is 17.0. The molecule has 35 heavy (non-hydrogen) atoms. The number of H-pyrrole nitrogens is 1. The van der Waals surface area contributed by atoms with Crippen LogP contribution >= 0.6 is 0 Å². The normalized spacial score (nSPS) is 17.0. The van der Waals surface area contributed by atoms with Crippen LogP contribution in [0.3, 0.4) is 0 Å². The Labute approximate surface area is 203 Å². The van der Waals surface area contributed by atoms with Crippen molar-refractivity contribution < 1.29 is 9.53 Å². The van der Waals surface area contributed by atoms with Crippen LogP contribution in [-0.4, -0.2) is 28.6 Å². The molecule has 0 aliphatic carbocycles. The Morgan fingerprint density at radius 3 is 2.91 bits per heavy atom. The molecular weight excluding hydrogens is 442 g/mol. The molecule has 0 radical (unpaired) electrons. The van der Waals surface area contributed by atoms with E-state index in [0.717, 1.165) is 55.6 Å². The minimum atomic E-state index is -0.247. The van der Waals surface area contributed by atoms with Crippen LogP contribution in [0.1, 0.15) is 48.4 Å². The topological polar surface area (TPSA) is 114 Å². The fourth-order valence-electron chi connectivity index (χ4n) is 5.17. The van der Waals surface area contributed by atoms with Gasteiger partial charge in [-0.15, -0.1) is 0 Å². The molecule has 0 bridgehead atoms. The number of imidazole rings is 1. The van der Waals surface area contributed by atoms with Gasteiger partial charge in [0.25, 0.3) is 5.56 Å². The van der Waals surface area contributed by atoms with Crippen molar-refractivity contribution in [1.82, 2.24) is 14.9 Å². The summed E-state index contributed by atoms with van der Waals surface area (Å²) in [6.07, 6.45) is 4.44. The highest BCUT2D eigenvalue weighted by Crippen LogP contribution is 2.32. The van der Waals surface area contributed by atoms with E-state index in [0.29, 0.717) is 24.1 Å². The molecule has 3 aromatic rings. The van der Waals surface area contributed by atoms with Gasteiger partial charge in [-0.05, 0) is 49.1 Å². The van der Waals surface area contributed by atoms with Crippen molar-refractivity contribution >= 4 is 18.2 Å². The Morgan fingerprint density at radius 1 is 1.20 bits per heavy atom. The molecule has 2 unspecified atom stereocenters. The first kappa shape index (κ1) is 23.1. The molecule has 182 valence electrons. The van der Waals surface area contributed by atoms with Gasteiger partial charge in [0.1, 0.15) is 11.1 Å². The summed E-state index contributed by atoms with van der Waals surface area (Å²) in [6.45, 7) is 5.77. The van der Waals surface area contributed by atoms with E-state index in [9.17, 15) is 9.59 Å². The molecule has 8 heteroatoms. The maximum absolute atomic E-state index is 12.3. The predicted molar refractivity (Wildman–Crippen MR) is 134 cm³/mol. The molecule has 0 fully saturated rings. The van der Waals surface area contributed by atoms with Crippen molar-refractivity contribution in [2.24, 2.45) is 16.6 Å². The van der Waals surface area contributed by atoms with E-state index in [1.165, 1.54) is 11.1 Å². The molecule has 4 N–H and O–H groups in total. The van der Waals surface area contributed by atoms with Gasteiger partial charge >= 0.3 is 0 Å². The van der Waals surface area contributed by atoms with Crippen LogP contribution in [0.15, 0.2) is 52.3 Å². The molecule has 8 nitrogen and oxygen atoms in total. The number of amides is 1. The number of benzene rings is 2. The van der Waals surface area contributed by atoms with Crippen LogP contribution in [0.25, 0.3) is 6.58 Å². The number of carbonyl (C=O) groups is 1. The predicted octanol–water partition coefficient (Wildman–Crippen LogP) is 1.83. The third-order valence-corrected chi connectivity index (χ3v) is 7.05. The van der Waals surface area contributed by atoms with Crippen LogP contribution in [-0.2, 0) is 17.8 Å². The zero-order valence-corrected chi connectivity index (χ0v) is 19.8. The van der Waals surface area contributed by atoms with E-state index in [4.69, 9.17) is 10.5 Å². The quantitative estimate of drug-likeness (QED) is 0.322. The minimum absolute atomic E-state index is 0.0169. The van der Waals surface area contributed by atoms with E-state index in [1.54, 1.807) is 4.57 Å². The Kier molecular flexibility index (Phi) is 6.55. The van der Waals surface area contributed by atoms with Gasteiger partial charge in [0.2, 0.25) is 11.5 Å². The zero-order chi connectivity index (χ0) is 24.4. The third kappa shape index (κ3) is 4.66. The summed E-state index contributed by atoms with van der Waals surface area (Å²) in [5.41, 5.74) is 10.4. The van der Waals surface area contributed by atoms with E-state index in [1.807, 2.05) is 30.3 Å². The van der Waals surface area contributed by atoms with Crippen molar-refractivity contribution in [1.29, 1.82) is 0 Å². The molecular formula is C27H31N5O3. The van der Waals surface area contributed by atoms with Crippen molar-refractivity contribution in [2.45, 2.75) is 44.7 Å². The number of aromatic amines is 1. The third-order valence-electron chi connectivity index (χ3n) is 7.05. The smallest absolute Gasteiger partial charge is 0.274 e. The van der Waals surface area contributed by atoms with Crippen LogP contribution in [0, 0.1) is 5.92 Å². The van der Waals surface area contributed by atoms with Crippen molar-refractivity contribution in [3.8, 4) is 5.75 Å². The van der Waals surface area contributed by atoms with E-state index >= 15 is 0 Å². The van der Waals surface area contributed by atoms with Gasteiger partial charge < -0.3 is 20.4 Å². The Morgan fingerprint density at radius 2 is 2.06 bits per heavy atom. The van der Waals surface area contributed by atoms with Gasteiger partial charge in [-0.25, -0.2) is 4.99 Å². The minimum Gasteiger partial charge on any atom is -0.493 e. The maximum Gasteiger partial charge on any atom is 0.274 e. The molecule has 2 atom stereocenters. The summed E-state index contributed by atoms with van der Waals surface area (Å²) < 4.78 is 7.87. The summed E-state index contributed by atoms with van der Waals surface area (Å²) in [6, 6.07) is 14.1. The van der Waals surface area contributed by atoms with E-state index < -0.39 is 0 Å². The van der Waals surface area contributed by atoms with E-state index in [2.05, 4.69) is 34.0 Å².